The van der Waals surface area contributed by atoms with Gasteiger partial charge >= 0.3 is 0 Å². The van der Waals surface area contributed by atoms with E-state index in [1.165, 1.54) is 11.0 Å². The average Bonchev–Trinajstić information content (AvgIpc) is 2.31. The molecule has 0 radical (unpaired) electrons. The van der Waals surface area contributed by atoms with Crippen molar-refractivity contribution in [2.24, 2.45) is 0 Å². The van der Waals surface area contributed by atoms with E-state index in [2.05, 4.69) is 0 Å². The quantitative estimate of drug-likeness (QED) is 0.757. The number of hydrogen-bond donors (Lipinski definition) is 2. The van der Waals surface area contributed by atoms with Crippen LogP contribution in [0.15, 0.2) is 12.1 Å². The van der Waals surface area contributed by atoms with Crippen LogP contribution in [0.5, 0.6) is 5.75 Å². The van der Waals surface area contributed by atoms with Gasteiger partial charge in [-0.1, -0.05) is 0 Å². The highest BCUT2D eigenvalue weighted by molar-refractivity contribution is 5.70. The molecule has 0 spiro atoms. The Labute approximate surface area is 115 Å². The molecule has 1 aromatic rings. The van der Waals surface area contributed by atoms with Crippen LogP contribution < -0.4 is 15.4 Å². The number of nitrogen functional groups attached to an aromatic ring is 1. The number of aliphatic hydroxyl groups is 1. The fraction of sp³-hybridized carbons (Fsp3) is 0.538. The largest absolute Gasteiger partial charge is 0.488 e. The second-order valence-corrected chi connectivity index (χ2v) is 4.57. The first-order valence-corrected chi connectivity index (χ1v) is 6.24. The van der Waals surface area contributed by atoms with Crippen LogP contribution in [0.25, 0.3) is 0 Å². The fourth-order valence-corrected chi connectivity index (χ4v) is 1.77. The third-order valence-corrected chi connectivity index (χ3v) is 2.51. The summed E-state index contributed by atoms with van der Waals surface area (Å²) in [5.74, 6) is -0.706. The van der Waals surface area contributed by atoms with Crippen LogP contribution in [0.3, 0.4) is 0 Å². The molecule has 0 saturated heterocycles. The summed E-state index contributed by atoms with van der Waals surface area (Å²) < 4.78 is 44.0. The maximum Gasteiger partial charge on any atom is 0.255 e. The van der Waals surface area contributed by atoms with Crippen molar-refractivity contribution in [3.63, 3.8) is 0 Å². The second kappa shape index (κ2) is 7.23. The zero-order valence-corrected chi connectivity index (χ0v) is 11.4. The predicted molar refractivity (Wildman–Crippen MR) is 71.9 cm³/mol. The highest BCUT2D eigenvalue weighted by Crippen LogP contribution is 2.32. The molecule has 4 nitrogen and oxygen atoms in total. The van der Waals surface area contributed by atoms with E-state index in [1.807, 2.05) is 0 Å². The van der Waals surface area contributed by atoms with E-state index in [-0.39, 0.29) is 36.4 Å². The molecular formula is C13H19F3N2O2. The van der Waals surface area contributed by atoms with Crippen molar-refractivity contribution in [1.29, 1.82) is 0 Å². The monoisotopic (exact) mass is 292 g/mol. The first-order valence-electron chi connectivity index (χ1n) is 6.24. The number of halogens is 3. The topological polar surface area (TPSA) is 58.7 Å². The molecular weight excluding hydrogens is 273 g/mol. The van der Waals surface area contributed by atoms with Crippen LogP contribution >= 0.6 is 0 Å². The second-order valence-electron chi connectivity index (χ2n) is 4.57. The van der Waals surface area contributed by atoms with E-state index in [0.29, 0.717) is 0 Å². The number of rotatable bonds is 7. The third kappa shape index (κ3) is 4.48. The minimum absolute atomic E-state index is 0.0210. The zero-order valence-electron chi connectivity index (χ0n) is 11.4. The van der Waals surface area contributed by atoms with Crippen LogP contribution in [0.4, 0.5) is 24.5 Å². The molecule has 0 aliphatic heterocycles. The SMILES string of the molecule is CC(C)Oc1cc(N(CCO)CC(F)F)c(N)cc1F. The lowest BCUT2D eigenvalue weighted by Gasteiger charge is -2.26. The van der Waals surface area contributed by atoms with Crippen molar-refractivity contribution in [2.75, 3.05) is 30.3 Å². The minimum atomic E-state index is -2.60. The number of hydrogen-bond acceptors (Lipinski definition) is 4. The van der Waals surface area contributed by atoms with Crippen LogP contribution in [0.2, 0.25) is 0 Å². The van der Waals surface area contributed by atoms with Crippen molar-refractivity contribution in [3.8, 4) is 5.75 Å². The Morgan fingerprint density at radius 2 is 2.00 bits per heavy atom. The number of alkyl halides is 2. The molecule has 1 aromatic carbocycles. The number of nitrogens with zero attached hydrogens (tertiary/aromatic N) is 1. The Bertz CT molecular complexity index is 442. The molecule has 0 fully saturated rings. The molecule has 0 heterocycles. The number of benzene rings is 1. The first-order chi connectivity index (χ1) is 9.35. The Morgan fingerprint density at radius 1 is 1.35 bits per heavy atom. The Kier molecular flexibility index (Phi) is 5.94. The lowest BCUT2D eigenvalue weighted by atomic mass is 10.2. The van der Waals surface area contributed by atoms with Crippen molar-refractivity contribution in [1.82, 2.24) is 0 Å². The van der Waals surface area contributed by atoms with Gasteiger partial charge in [0, 0.05) is 18.7 Å². The van der Waals surface area contributed by atoms with E-state index in [4.69, 9.17) is 15.6 Å². The summed E-state index contributed by atoms with van der Waals surface area (Å²) in [6, 6.07) is 2.31. The summed E-state index contributed by atoms with van der Waals surface area (Å²) in [5, 5.41) is 8.94. The molecule has 0 aromatic heterocycles. The van der Waals surface area contributed by atoms with Gasteiger partial charge in [-0.05, 0) is 13.8 Å². The smallest absolute Gasteiger partial charge is 0.255 e. The van der Waals surface area contributed by atoms with E-state index < -0.39 is 18.8 Å². The van der Waals surface area contributed by atoms with Crippen molar-refractivity contribution in [2.45, 2.75) is 26.4 Å². The normalized spacial score (nSPS) is 11.2. The zero-order chi connectivity index (χ0) is 15.3. The van der Waals surface area contributed by atoms with Crippen molar-refractivity contribution >= 4 is 11.4 Å². The van der Waals surface area contributed by atoms with Gasteiger partial charge in [-0.15, -0.1) is 0 Å². The van der Waals surface area contributed by atoms with Crippen LogP contribution in [0.1, 0.15) is 13.8 Å². The first kappa shape index (κ1) is 16.4. The van der Waals surface area contributed by atoms with Gasteiger partial charge in [0.25, 0.3) is 6.43 Å². The van der Waals surface area contributed by atoms with Crippen molar-refractivity contribution < 1.29 is 23.0 Å². The summed E-state index contributed by atoms with van der Waals surface area (Å²) in [6.45, 7) is 2.50. The average molecular weight is 292 g/mol. The summed E-state index contributed by atoms with van der Waals surface area (Å²) in [5.41, 5.74) is 5.90. The van der Waals surface area contributed by atoms with Crippen LogP contribution in [0, 0.1) is 5.82 Å². The minimum Gasteiger partial charge on any atom is -0.488 e. The lowest BCUT2D eigenvalue weighted by molar-refractivity contribution is 0.152. The van der Waals surface area contributed by atoms with Gasteiger partial charge < -0.3 is 20.5 Å². The molecule has 20 heavy (non-hydrogen) atoms. The third-order valence-electron chi connectivity index (χ3n) is 2.51. The summed E-state index contributed by atoms with van der Waals surface area (Å²) in [6.07, 6.45) is -2.86. The molecule has 3 N–H and O–H groups in total. The van der Waals surface area contributed by atoms with Crippen molar-refractivity contribution in [3.05, 3.63) is 17.9 Å². The molecule has 0 saturated carbocycles. The molecule has 0 aliphatic rings. The highest BCUT2D eigenvalue weighted by Gasteiger charge is 2.18. The summed E-state index contributed by atoms with van der Waals surface area (Å²) in [4.78, 5) is 1.20. The lowest BCUT2D eigenvalue weighted by Crippen LogP contribution is -2.32. The van der Waals surface area contributed by atoms with Gasteiger partial charge in [0.2, 0.25) is 0 Å². The molecule has 0 bridgehead atoms. The maximum atomic E-state index is 13.7. The van der Waals surface area contributed by atoms with Crippen LogP contribution in [-0.4, -0.2) is 37.3 Å². The molecule has 0 aliphatic carbocycles. The van der Waals surface area contributed by atoms with E-state index in [0.717, 1.165) is 6.07 Å². The van der Waals surface area contributed by atoms with Gasteiger partial charge in [-0.3, -0.25) is 0 Å². The van der Waals surface area contributed by atoms with Gasteiger partial charge in [-0.2, -0.15) is 0 Å². The Balaban J connectivity index is 3.12. The maximum absolute atomic E-state index is 13.7. The molecule has 0 atom stereocenters. The number of ether oxygens (including phenoxy) is 1. The van der Waals surface area contributed by atoms with Gasteiger partial charge in [0.1, 0.15) is 0 Å². The summed E-state index contributed by atoms with van der Waals surface area (Å²) >= 11 is 0. The van der Waals surface area contributed by atoms with E-state index >= 15 is 0 Å². The van der Waals surface area contributed by atoms with Gasteiger partial charge in [-0.25, -0.2) is 13.2 Å². The summed E-state index contributed by atoms with van der Waals surface area (Å²) in [7, 11) is 0. The standard InChI is InChI=1S/C13H19F3N2O2/c1-8(2)20-12-6-11(10(17)5-9(12)14)18(3-4-19)7-13(15)16/h5-6,8,13,19H,3-4,7,17H2,1-2H3. The Hall–Kier alpha value is -1.63. The van der Waals surface area contributed by atoms with Gasteiger partial charge in [0.05, 0.1) is 30.6 Å². The fourth-order valence-electron chi connectivity index (χ4n) is 1.77. The Morgan fingerprint density at radius 3 is 2.50 bits per heavy atom. The van der Waals surface area contributed by atoms with E-state index in [1.54, 1.807) is 13.8 Å². The molecule has 0 amide bonds. The molecule has 114 valence electrons. The number of aliphatic hydroxyl groups excluding tert-OH is 1. The molecule has 0 unspecified atom stereocenters. The number of nitrogens with two attached hydrogens (primary N) is 1. The van der Waals surface area contributed by atoms with Gasteiger partial charge in [0.15, 0.2) is 11.6 Å². The van der Waals surface area contributed by atoms with E-state index in [9.17, 15) is 13.2 Å². The predicted octanol–water partition coefficient (Wildman–Crippen LogP) is 2.26. The van der Waals surface area contributed by atoms with Crippen LogP contribution in [-0.2, 0) is 0 Å². The molecule has 7 heteroatoms. The number of anilines is 2. The molecule has 1 rings (SSSR count). The highest BCUT2D eigenvalue weighted by atomic mass is 19.3.